The molecule has 0 unspecified atom stereocenters. The van der Waals surface area contributed by atoms with Crippen molar-refractivity contribution < 1.29 is 14.4 Å². The molecule has 3 aromatic rings. The van der Waals surface area contributed by atoms with Crippen LogP contribution in [0.2, 0.25) is 0 Å². The van der Waals surface area contributed by atoms with E-state index in [0.717, 1.165) is 4.90 Å². The van der Waals surface area contributed by atoms with Crippen LogP contribution in [0.15, 0.2) is 48.5 Å². The molecule has 0 N–H and O–H groups in total. The molecule has 0 aliphatic carbocycles. The molecule has 0 fully saturated rings. The fourth-order valence-electron chi connectivity index (χ4n) is 3.43. The third-order valence-electron chi connectivity index (χ3n) is 4.68. The van der Waals surface area contributed by atoms with Crippen molar-refractivity contribution in [2.24, 2.45) is 5.92 Å². The van der Waals surface area contributed by atoms with Gasteiger partial charge in [-0.05, 0) is 36.6 Å². The molecule has 1 aliphatic heterocycles. The molecule has 7 nitrogen and oxygen atoms in total. The normalized spacial score (nSPS) is 14.9. The number of carbonyl (C=O) groups is 3. The minimum atomic E-state index is -0.942. The molecule has 0 spiro atoms. The summed E-state index contributed by atoms with van der Waals surface area (Å²) in [5.74, 6) is -1.23. The number of para-hydroxylation sites is 1. The predicted octanol–water partition coefficient (Wildman–Crippen LogP) is 2.78. The van der Waals surface area contributed by atoms with Crippen LogP contribution in [0.4, 0.5) is 0 Å². The van der Waals surface area contributed by atoms with Crippen LogP contribution in [0.5, 0.6) is 0 Å². The molecule has 0 radical (unpaired) electrons. The zero-order chi connectivity index (χ0) is 19.1. The maximum atomic E-state index is 13.3. The van der Waals surface area contributed by atoms with E-state index in [-0.39, 0.29) is 5.92 Å². The smallest absolute Gasteiger partial charge is 0.270 e. The van der Waals surface area contributed by atoms with E-state index in [0.29, 0.717) is 28.6 Å². The minimum absolute atomic E-state index is 0.0954. The lowest BCUT2D eigenvalue weighted by molar-refractivity contribution is 0.0487. The Morgan fingerprint density at radius 3 is 2.19 bits per heavy atom. The Labute approximate surface area is 155 Å². The molecule has 1 atom stereocenters. The molecule has 0 bridgehead atoms. The standard InChI is InChI=1S/C20H18N4O3/c1-12(2)11-17(20(27)24-16-10-6-5-9-15(16)21-22-24)23-18(25)13-7-3-4-8-14(13)19(23)26/h3-10,12,17H,11H2,1-2H3/t17-/m1/s1. The van der Waals surface area contributed by atoms with E-state index in [1.807, 2.05) is 19.9 Å². The van der Waals surface area contributed by atoms with Gasteiger partial charge in [0.05, 0.1) is 16.6 Å². The molecular weight excluding hydrogens is 344 g/mol. The highest BCUT2D eigenvalue weighted by Crippen LogP contribution is 2.28. The lowest BCUT2D eigenvalue weighted by Crippen LogP contribution is -2.47. The Hall–Kier alpha value is -3.35. The van der Waals surface area contributed by atoms with Gasteiger partial charge in [0.15, 0.2) is 0 Å². The van der Waals surface area contributed by atoms with Crippen LogP contribution in [0.1, 0.15) is 45.8 Å². The highest BCUT2D eigenvalue weighted by Gasteiger charge is 2.43. The number of hydrogen-bond acceptors (Lipinski definition) is 5. The monoisotopic (exact) mass is 362 g/mol. The highest BCUT2D eigenvalue weighted by molar-refractivity contribution is 6.23. The van der Waals surface area contributed by atoms with Crippen molar-refractivity contribution in [3.63, 3.8) is 0 Å². The quantitative estimate of drug-likeness (QED) is 0.666. The van der Waals surface area contributed by atoms with Crippen LogP contribution >= 0.6 is 0 Å². The van der Waals surface area contributed by atoms with Crippen LogP contribution in [-0.4, -0.2) is 43.7 Å². The molecule has 2 amide bonds. The Morgan fingerprint density at radius 2 is 1.56 bits per heavy atom. The number of fused-ring (bicyclic) bond motifs is 2. The van der Waals surface area contributed by atoms with E-state index in [2.05, 4.69) is 10.3 Å². The molecule has 4 rings (SSSR count). The molecule has 2 heterocycles. The van der Waals surface area contributed by atoms with Crippen molar-refractivity contribution >= 4 is 28.8 Å². The number of amides is 2. The highest BCUT2D eigenvalue weighted by atomic mass is 16.2. The number of aromatic nitrogens is 3. The van der Waals surface area contributed by atoms with E-state index in [9.17, 15) is 14.4 Å². The predicted molar refractivity (Wildman–Crippen MR) is 98.3 cm³/mol. The molecule has 1 aliphatic rings. The van der Waals surface area contributed by atoms with E-state index in [1.54, 1.807) is 42.5 Å². The zero-order valence-electron chi connectivity index (χ0n) is 15.0. The molecule has 136 valence electrons. The zero-order valence-corrected chi connectivity index (χ0v) is 15.0. The number of rotatable bonds is 4. The van der Waals surface area contributed by atoms with Crippen LogP contribution in [0.25, 0.3) is 11.0 Å². The third-order valence-corrected chi connectivity index (χ3v) is 4.68. The Bertz CT molecular complexity index is 1030. The summed E-state index contributed by atoms with van der Waals surface area (Å²) in [5.41, 5.74) is 1.78. The number of carbonyl (C=O) groups excluding carboxylic acids is 3. The first-order chi connectivity index (χ1) is 13.0. The average Bonchev–Trinajstić information content (AvgIpc) is 3.20. The van der Waals surface area contributed by atoms with Gasteiger partial charge in [0, 0.05) is 0 Å². The van der Waals surface area contributed by atoms with Gasteiger partial charge < -0.3 is 0 Å². The summed E-state index contributed by atoms with van der Waals surface area (Å²) in [6, 6.07) is 12.8. The number of hydrogen-bond donors (Lipinski definition) is 0. The van der Waals surface area contributed by atoms with Gasteiger partial charge in [-0.1, -0.05) is 43.3 Å². The number of imide groups is 1. The number of nitrogens with zero attached hydrogens (tertiary/aromatic N) is 4. The summed E-state index contributed by atoms with van der Waals surface area (Å²) in [6.07, 6.45) is 0.346. The molecular formula is C20H18N4O3. The van der Waals surface area contributed by atoms with E-state index in [1.165, 1.54) is 4.68 Å². The molecule has 1 aromatic heterocycles. The second-order valence-corrected chi connectivity index (χ2v) is 7.00. The summed E-state index contributed by atoms with van der Waals surface area (Å²) in [6.45, 7) is 3.88. The van der Waals surface area contributed by atoms with Crippen molar-refractivity contribution in [3.05, 3.63) is 59.7 Å². The topological polar surface area (TPSA) is 85.2 Å². The lowest BCUT2D eigenvalue weighted by Gasteiger charge is -2.26. The van der Waals surface area contributed by atoms with Crippen molar-refractivity contribution in [1.82, 2.24) is 19.9 Å². The first-order valence-electron chi connectivity index (χ1n) is 8.80. The molecule has 0 saturated carbocycles. The summed E-state index contributed by atoms with van der Waals surface area (Å²) in [7, 11) is 0. The molecule has 7 heteroatoms. The lowest BCUT2D eigenvalue weighted by atomic mass is 10.0. The second kappa shape index (κ2) is 6.42. The van der Waals surface area contributed by atoms with E-state index < -0.39 is 23.8 Å². The molecule has 0 saturated heterocycles. The van der Waals surface area contributed by atoms with Gasteiger partial charge in [-0.3, -0.25) is 19.3 Å². The van der Waals surface area contributed by atoms with Gasteiger partial charge in [0.2, 0.25) is 0 Å². The van der Waals surface area contributed by atoms with Crippen LogP contribution < -0.4 is 0 Å². The van der Waals surface area contributed by atoms with Gasteiger partial charge >= 0.3 is 0 Å². The van der Waals surface area contributed by atoms with Crippen LogP contribution in [0.3, 0.4) is 0 Å². The number of benzene rings is 2. The Kier molecular flexibility index (Phi) is 4.07. The first-order valence-corrected chi connectivity index (χ1v) is 8.80. The minimum Gasteiger partial charge on any atom is -0.270 e. The van der Waals surface area contributed by atoms with Gasteiger partial charge in [0.1, 0.15) is 11.6 Å². The van der Waals surface area contributed by atoms with Gasteiger partial charge in [0.25, 0.3) is 17.7 Å². The SMILES string of the molecule is CC(C)C[C@H](C(=O)n1nnc2ccccc21)N1C(=O)c2ccccc2C1=O. The Morgan fingerprint density at radius 1 is 0.963 bits per heavy atom. The van der Waals surface area contributed by atoms with Crippen molar-refractivity contribution in [2.75, 3.05) is 0 Å². The van der Waals surface area contributed by atoms with Crippen molar-refractivity contribution in [1.29, 1.82) is 0 Å². The third kappa shape index (κ3) is 2.71. The van der Waals surface area contributed by atoms with Crippen LogP contribution in [-0.2, 0) is 0 Å². The maximum Gasteiger partial charge on any atom is 0.272 e. The largest absolute Gasteiger partial charge is 0.272 e. The fraction of sp³-hybridized carbons (Fsp3) is 0.250. The summed E-state index contributed by atoms with van der Waals surface area (Å²) < 4.78 is 1.19. The Balaban J connectivity index is 1.78. The summed E-state index contributed by atoms with van der Waals surface area (Å²) >= 11 is 0. The van der Waals surface area contributed by atoms with Gasteiger partial charge in [-0.15, -0.1) is 5.10 Å². The van der Waals surface area contributed by atoms with E-state index >= 15 is 0 Å². The fourth-order valence-corrected chi connectivity index (χ4v) is 3.43. The molecule has 27 heavy (non-hydrogen) atoms. The average molecular weight is 362 g/mol. The van der Waals surface area contributed by atoms with Gasteiger partial charge in [-0.25, -0.2) is 0 Å². The van der Waals surface area contributed by atoms with Crippen LogP contribution in [0, 0.1) is 5.92 Å². The van der Waals surface area contributed by atoms with Gasteiger partial charge in [-0.2, -0.15) is 4.68 Å². The summed E-state index contributed by atoms with van der Waals surface area (Å²) in [4.78, 5) is 40.1. The van der Waals surface area contributed by atoms with E-state index in [4.69, 9.17) is 0 Å². The van der Waals surface area contributed by atoms with Crippen molar-refractivity contribution in [3.8, 4) is 0 Å². The maximum absolute atomic E-state index is 13.3. The summed E-state index contributed by atoms with van der Waals surface area (Å²) in [5, 5.41) is 7.97. The first kappa shape index (κ1) is 17.1. The second-order valence-electron chi connectivity index (χ2n) is 7.00. The molecule has 2 aromatic carbocycles. The van der Waals surface area contributed by atoms with Crippen molar-refractivity contribution in [2.45, 2.75) is 26.3 Å².